The predicted molar refractivity (Wildman–Crippen MR) is 70.8 cm³/mol. The van der Waals surface area contributed by atoms with Crippen molar-refractivity contribution in [2.45, 2.75) is 51.6 Å². The number of hydrogen-bond acceptors (Lipinski definition) is 4. The first-order chi connectivity index (χ1) is 7.79. The number of carbonyl (C=O) groups excluding carboxylic acids is 1. The summed E-state index contributed by atoms with van der Waals surface area (Å²) in [5, 5.41) is 5.75. The third kappa shape index (κ3) is 3.51. The molecule has 0 aromatic carbocycles. The predicted octanol–water partition coefficient (Wildman–Crippen LogP) is 2.01. The van der Waals surface area contributed by atoms with E-state index in [1.165, 1.54) is 11.3 Å². The van der Waals surface area contributed by atoms with Gasteiger partial charge in [0.25, 0.3) is 0 Å². The number of nitrogens with two attached hydrogens (primary N) is 1. The molecule has 0 saturated heterocycles. The van der Waals surface area contributed by atoms with Crippen molar-refractivity contribution in [2.75, 3.05) is 0 Å². The largest absolute Gasteiger partial charge is 0.343 e. The Hall–Kier alpha value is -0.940. The van der Waals surface area contributed by atoms with E-state index < -0.39 is 11.1 Å². The number of nitrogens with one attached hydrogen (secondary N) is 1. The van der Waals surface area contributed by atoms with Crippen LogP contribution >= 0.6 is 11.3 Å². The van der Waals surface area contributed by atoms with Gasteiger partial charge in [-0.1, -0.05) is 13.3 Å². The number of aromatic nitrogens is 1. The molecule has 1 amide bonds. The van der Waals surface area contributed by atoms with Crippen LogP contribution in [0.5, 0.6) is 0 Å². The number of nitrogens with zero attached hydrogens (tertiary/aromatic N) is 1. The molecular weight excluding hydrogens is 234 g/mol. The van der Waals surface area contributed by atoms with Crippen LogP contribution < -0.4 is 11.1 Å². The van der Waals surface area contributed by atoms with Crippen LogP contribution in [0.2, 0.25) is 0 Å². The van der Waals surface area contributed by atoms with Gasteiger partial charge >= 0.3 is 0 Å². The van der Waals surface area contributed by atoms with E-state index in [1.807, 2.05) is 26.2 Å². The molecule has 17 heavy (non-hydrogen) atoms. The molecule has 3 N–H and O–H groups in total. The summed E-state index contributed by atoms with van der Waals surface area (Å²) >= 11 is 1.53. The van der Waals surface area contributed by atoms with Gasteiger partial charge in [-0.3, -0.25) is 4.79 Å². The van der Waals surface area contributed by atoms with Gasteiger partial charge in [-0.15, -0.1) is 11.3 Å². The Bertz CT molecular complexity index is 371. The summed E-state index contributed by atoms with van der Waals surface area (Å²) in [4.78, 5) is 16.3. The summed E-state index contributed by atoms with van der Waals surface area (Å²) in [6.45, 7) is 7.66. The average molecular weight is 255 g/mol. The molecule has 0 saturated carbocycles. The van der Waals surface area contributed by atoms with Crippen molar-refractivity contribution in [3.05, 3.63) is 16.6 Å². The molecule has 1 atom stereocenters. The van der Waals surface area contributed by atoms with Crippen LogP contribution in [0, 0.1) is 0 Å². The van der Waals surface area contributed by atoms with Gasteiger partial charge in [-0.05, 0) is 27.2 Å². The molecule has 1 aromatic rings. The zero-order chi connectivity index (χ0) is 13.1. The van der Waals surface area contributed by atoms with Crippen molar-refractivity contribution in [3.63, 3.8) is 0 Å². The normalized spacial score (nSPS) is 15.4. The molecule has 1 unspecified atom stereocenters. The Morgan fingerprint density at radius 1 is 1.53 bits per heavy atom. The number of rotatable bonds is 5. The molecule has 1 heterocycles. The average Bonchev–Trinajstić information content (AvgIpc) is 2.69. The smallest absolute Gasteiger partial charge is 0.240 e. The number of carbonyl (C=O) groups is 1. The van der Waals surface area contributed by atoms with Gasteiger partial charge in [0.2, 0.25) is 5.91 Å². The summed E-state index contributed by atoms with van der Waals surface area (Å²) < 4.78 is 0. The lowest BCUT2D eigenvalue weighted by atomic mass is 9.94. The maximum absolute atomic E-state index is 12.1. The minimum atomic E-state index is -0.816. The van der Waals surface area contributed by atoms with Crippen LogP contribution in [-0.2, 0) is 10.3 Å². The van der Waals surface area contributed by atoms with Gasteiger partial charge in [0.05, 0.1) is 11.1 Å². The molecule has 0 radical (unpaired) electrons. The van der Waals surface area contributed by atoms with E-state index in [1.54, 1.807) is 13.1 Å². The highest BCUT2D eigenvalue weighted by atomic mass is 32.1. The second kappa shape index (κ2) is 5.14. The van der Waals surface area contributed by atoms with Crippen molar-refractivity contribution in [2.24, 2.45) is 5.73 Å². The van der Waals surface area contributed by atoms with E-state index >= 15 is 0 Å². The fourth-order valence-electron chi connectivity index (χ4n) is 1.65. The Kier molecular flexibility index (Phi) is 4.27. The Labute approximate surface area is 107 Å². The van der Waals surface area contributed by atoms with Crippen molar-refractivity contribution in [1.29, 1.82) is 0 Å². The number of thiazole rings is 1. The molecule has 1 rings (SSSR count). The second-order valence-electron chi connectivity index (χ2n) is 5.08. The van der Waals surface area contributed by atoms with E-state index in [0.717, 1.165) is 11.4 Å². The van der Waals surface area contributed by atoms with Crippen LogP contribution in [0.25, 0.3) is 0 Å². The Morgan fingerprint density at radius 3 is 2.65 bits per heavy atom. The van der Waals surface area contributed by atoms with Crippen molar-refractivity contribution >= 4 is 17.2 Å². The zero-order valence-corrected chi connectivity index (χ0v) is 11.7. The molecule has 5 heteroatoms. The van der Waals surface area contributed by atoms with E-state index in [-0.39, 0.29) is 5.91 Å². The van der Waals surface area contributed by atoms with Crippen molar-refractivity contribution in [3.8, 4) is 0 Å². The summed E-state index contributed by atoms with van der Waals surface area (Å²) in [7, 11) is 0. The highest BCUT2D eigenvalue weighted by Crippen LogP contribution is 2.23. The summed E-state index contributed by atoms with van der Waals surface area (Å²) in [6.07, 6.45) is 3.30. The standard InChI is InChI=1S/C12H21N3OS/c1-5-6-12(4,13)9(16)15-11(2,3)10-14-7-8-17-10/h7-8H,5-6,13H2,1-4H3,(H,15,16). The van der Waals surface area contributed by atoms with Gasteiger partial charge in [-0.2, -0.15) is 0 Å². The molecule has 0 aliphatic heterocycles. The van der Waals surface area contributed by atoms with Gasteiger partial charge in [0, 0.05) is 11.6 Å². The third-order valence-corrected chi connectivity index (χ3v) is 3.78. The highest BCUT2D eigenvalue weighted by molar-refractivity contribution is 7.09. The minimum absolute atomic E-state index is 0.125. The molecule has 4 nitrogen and oxygen atoms in total. The molecule has 96 valence electrons. The fraction of sp³-hybridized carbons (Fsp3) is 0.667. The minimum Gasteiger partial charge on any atom is -0.343 e. The lowest BCUT2D eigenvalue weighted by molar-refractivity contribution is -0.127. The first-order valence-corrected chi connectivity index (χ1v) is 6.69. The Morgan fingerprint density at radius 2 is 2.18 bits per heavy atom. The summed E-state index contributed by atoms with van der Waals surface area (Å²) in [5.74, 6) is -0.125. The van der Waals surface area contributed by atoms with Crippen LogP contribution in [-0.4, -0.2) is 16.4 Å². The van der Waals surface area contributed by atoms with E-state index in [2.05, 4.69) is 10.3 Å². The zero-order valence-electron chi connectivity index (χ0n) is 10.9. The van der Waals surface area contributed by atoms with Crippen LogP contribution in [0.4, 0.5) is 0 Å². The topological polar surface area (TPSA) is 68.0 Å². The molecule has 0 aliphatic carbocycles. The summed E-state index contributed by atoms with van der Waals surface area (Å²) in [6, 6.07) is 0. The molecule has 1 aromatic heterocycles. The van der Waals surface area contributed by atoms with E-state index in [0.29, 0.717) is 6.42 Å². The van der Waals surface area contributed by atoms with Crippen LogP contribution in [0.15, 0.2) is 11.6 Å². The lowest BCUT2D eigenvalue weighted by Crippen LogP contribution is -2.56. The van der Waals surface area contributed by atoms with Crippen molar-refractivity contribution in [1.82, 2.24) is 10.3 Å². The van der Waals surface area contributed by atoms with Crippen molar-refractivity contribution < 1.29 is 4.79 Å². The first kappa shape index (κ1) is 14.1. The number of amides is 1. The molecule has 0 fully saturated rings. The monoisotopic (exact) mass is 255 g/mol. The van der Waals surface area contributed by atoms with Gasteiger partial charge in [0.1, 0.15) is 5.01 Å². The third-order valence-electron chi connectivity index (χ3n) is 2.68. The maximum Gasteiger partial charge on any atom is 0.240 e. The van der Waals surface area contributed by atoms with Crippen LogP contribution in [0.1, 0.15) is 45.5 Å². The Balaban J connectivity index is 2.75. The van der Waals surface area contributed by atoms with Gasteiger partial charge in [-0.25, -0.2) is 4.98 Å². The quantitative estimate of drug-likeness (QED) is 0.845. The molecule has 0 bridgehead atoms. The van der Waals surface area contributed by atoms with E-state index in [4.69, 9.17) is 5.73 Å². The molecular formula is C12H21N3OS. The maximum atomic E-state index is 12.1. The SMILES string of the molecule is CCCC(C)(N)C(=O)NC(C)(C)c1nccs1. The van der Waals surface area contributed by atoms with Gasteiger partial charge in [0.15, 0.2) is 0 Å². The highest BCUT2D eigenvalue weighted by Gasteiger charge is 2.33. The summed E-state index contributed by atoms with van der Waals surface area (Å²) in [5.41, 5.74) is 4.71. The second-order valence-corrected chi connectivity index (χ2v) is 5.98. The first-order valence-electron chi connectivity index (χ1n) is 5.81. The van der Waals surface area contributed by atoms with Crippen LogP contribution in [0.3, 0.4) is 0 Å². The van der Waals surface area contributed by atoms with E-state index in [9.17, 15) is 4.79 Å². The molecule has 0 aliphatic rings. The van der Waals surface area contributed by atoms with Gasteiger partial charge < -0.3 is 11.1 Å². The fourth-order valence-corrected chi connectivity index (χ4v) is 2.36. The lowest BCUT2D eigenvalue weighted by Gasteiger charge is -2.30. The number of hydrogen-bond donors (Lipinski definition) is 2. The molecule has 0 spiro atoms.